The average Bonchev–Trinajstić information content (AvgIpc) is 2.91. The second kappa shape index (κ2) is 4.60. The van der Waals surface area contributed by atoms with E-state index in [0.717, 1.165) is 37.9 Å². The van der Waals surface area contributed by atoms with Crippen molar-refractivity contribution in [3.05, 3.63) is 0 Å². The zero-order valence-corrected chi connectivity index (χ0v) is 10.8. The number of carbonyl (C=O) groups is 1. The molecule has 0 aromatic carbocycles. The number of nitrogens with zero attached hydrogens (tertiary/aromatic N) is 1. The summed E-state index contributed by atoms with van der Waals surface area (Å²) in [6.07, 6.45) is 6.39. The second-order valence-electron chi connectivity index (χ2n) is 6.33. The van der Waals surface area contributed by atoms with Gasteiger partial charge in [0.15, 0.2) is 0 Å². The van der Waals surface area contributed by atoms with Gasteiger partial charge in [-0.1, -0.05) is 6.42 Å². The van der Waals surface area contributed by atoms with Gasteiger partial charge in [0.2, 0.25) is 5.91 Å². The maximum absolute atomic E-state index is 12.3. The second-order valence-corrected chi connectivity index (χ2v) is 6.33. The fourth-order valence-corrected chi connectivity index (χ4v) is 4.14. The molecule has 0 aromatic rings. The van der Waals surface area contributed by atoms with Crippen LogP contribution in [0.1, 0.15) is 39.0 Å². The number of rotatable bonds is 2. The molecule has 3 heteroatoms. The molecule has 2 bridgehead atoms. The van der Waals surface area contributed by atoms with Gasteiger partial charge in [-0.3, -0.25) is 4.79 Å². The quantitative estimate of drug-likeness (QED) is 0.790. The van der Waals surface area contributed by atoms with Crippen LogP contribution < -0.4 is 5.32 Å². The minimum Gasteiger partial charge on any atom is -0.340 e. The Morgan fingerprint density at radius 1 is 1.35 bits per heavy atom. The summed E-state index contributed by atoms with van der Waals surface area (Å²) >= 11 is 0. The van der Waals surface area contributed by atoms with Crippen molar-refractivity contribution in [2.24, 2.45) is 17.8 Å². The van der Waals surface area contributed by atoms with Crippen LogP contribution in [0, 0.1) is 17.8 Å². The molecule has 1 aliphatic heterocycles. The van der Waals surface area contributed by atoms with E-state index in [1.165, 1.54) is 25.7 Å². The van der Waals surface area contributed by atoms with Crippen LogP contribution in [0.15, 0.2) is 0 Å². The predicted molar refractivity (Wildman–Crippen MR) is 67.6 cm³/mol. The third-order valence-corrected chi connectivity index (χ3v) is 5.04. The lowest BCUT2D eigenvalue weighted by molar-refractivity contribution is -0.133. The van der Waals surface area contributed by atoms with Gasteiger partial charge in [-0.05, 0) is 43.9 Å². The monoisotopic (exact) mass is 236 g/mol. The number of nitrogens with one attached hydrogen (secondary N) is 1. The molecule has 3 rings (SSSR count). The van der Waals surface area contributed by atoms with Crippen molar-refractivity contribution in [2.75, 3.05) is 19.6 Å². The van der Waals surface area contributed by atoms with Crippen molar-refractivity contribution in [1.82, 2.24) is 10.2 Å². The Kier molecular flexibility index (Phi) is 3.12. The molecule has 2 aliphatic carbocycles. The molecule has 3 unspecified atom stereocenters. The van der Waals surface area contributed by atoms with Gasteiger partial charge >= 0.3 is 0 Å². The summed E-state index contributed by atoms with van der Waals surface area (Å²) in [7, 11) is 0. The zero-order chi connectivity index (χ0) is 11.8. The highest BCUT2D eigenvalue weighted by atomic mass is 16.2. The van der Waals surface area contributed by atoms with Crippen molar-refractivity contribution in [3.63, 3.8) is 0 Å². The highest BCUT2D eigenvalue weighted by Gasteiger charge is 2.40. The van der Waals surface area contributed by atoms with Crippen LogP contribution in [0.25, 0.3) is 0 Å². The Bertz CT molecular complexity index is 305. The maximum Gasteiger partial charge on any atom is 0.222 e. The highest BCUT2D eigenvalue weighted by Crippen LogP contribution is 2.49. The molecule has 3 fully saturated rings. The minimum absolute atomic E-state index is 0.413. The molecular weight excluding hydrogens is 212 g/mol. The first-order valence-electron chi connectivity index (χ1n) is 7.23. The molecule has 1 saturated heterocycles. The largest absolute Gasteiger partial charge is 0.340 e. The standard InChI is InChI=1S/C14H24N2O/c1-10-9-16(5-4-15-10)14(17)8-13-7-11-2-3-12(13)6-11/h10-13,15H,2-9H2,1H3/t10-,11?,12?,13?/m1/s1. The smallest absolute Gasteiger partial charge is 0.222 e. The third-order valence-electron chi connectivity index (χ3n) is 5.04. The van der Waals surface area contributed by atoms with Crippen LogP contribution in [0.4, 0.5) is 0 Å². The third kappa shape index (κ3) is 2.35. The van der Waals surface area contributed by atoms with E-state index in [0.29, 0.717) is 17.9 Å². The number of fused-ring (bicyclic) bond motifs is 2. The Morgan fingerprint density at radius 3 is 2.88 bits per heavy atom. The van der Waals surface area contributed by atoms with Crippen molar-refractivity contribution in [2.45, 2.75) is 45.1 Å². The average molecular weight is 236 g/mol. The molecular formula is C14H24N2O. The Balaban J connectivity index is 1.53. The van der Waals surface area contributed by atoms with Gasteiger partial charge in [-0.15, -0.1) is 0 Å². The highest BCUT2D eigenvalue weighted by molar-refractivity contribution is 5.76. The summed E-state index contributed by atoms with van der Waals surface area (Å²) in [5, 5.41) is 3.39. The first-order valence-corrected chi connectivity index (χ1v) is 7.23. The van der Waals surface area contributed by atoms with Gasteiger partial charge in [0.25, 0.3) is 0 Å². The molecule has 4 atom stereocenters. The Hall–Kier alpha value is -0.570. The molecule has 96 valence electrons. The minimum atomic E-state index is 0.413. The van der Waals surface area contributed by atoms with E-state index in [9.17, 15) is 4.79 Å². The fraction of sp³-hybridized carbons (Fsp3) is 0.929. The number of amides is 1. The molecule has 17 heavy (non-hydrogen) atoms. The number of carbonyl (C=O) groups excluding carboxylic acids is 1. The van der Waals surface area contributed by atoms with Gasteiger partial charge in [-0.2, -0.15) is 0 Å². The number of piperazine rings is 1. The van der Waals surface area contributed by atoms with Gasteiger partial charge in [0.05, 0.1) is 0 Å². The van der Waals surface area contributed by atoms with Crippen LogP contribution in [0.2, 0.25) is 0 Å². The van der Waals surface area contributed by atoms with Crippen LogP contribution in [0.3, 0.4) is 0 Å². The SMILES string of the molecule is C[C@@H]1CN(C(=O)CC2CC3CCC2C3)CCN1. The molecule has 1 amide bonds. The van der Waals surface area contributed by atoms with Crippen LogP contribution in [0.5, 0.6) is 0 Å². The summed E-state index contributed by atoms with van der Waals surface area (Å²) in [6, 6.07) is 0.465. The summed E-state index contributed by atoms with van der Waals surface area (Å²) in [5.41, 5.74) is 0. The van der Waals surface area contributed by atoms with E-state index in [-0.39, 0.29) is 0 Å². The lowest BCUT2D eigenvalue weighted by atomic mass is 9.86. The first-order chi connectivity index (χ1) is 8.22. The molecule has 1 heterocycles. The maximum atomic E-state index is 12.3. The topological polar surface area (TPSA) is 32.3 Å². The summed E-state index contributed by atoms with van der Waals surface area (Å²) < 4.78 is 0. The Morgan fingerprint density at radius 2 is 2.24 bits per heavy atom. The fourth-order valence-electron chi connectivity index (χ4n) is 4.14. The van der Waals surface area contributed by atoms with Crippen LogP contribution in [-0.2, 0) is 4.79 Å². The molecule has 2 saturated carbocycles. The van der Waals surface area contributed by atoms with Gasteiger partial charge in [0.1, 0.15) is 0 Å². The van der Waals surface area contributed by atoms with Crippen molar-refractivity contribution in [3.8, 4) is 0 Å². The summed E-state index contributed by atoms with van der Waals surface area (Å²) in [6.45, 7) is 4.93. The first kappa shape index (κ1) is 11.5. The van der Waals surface area contributed by atoms with Crippen LogP contribution >= 0.6 is 0 Å². The van der Waals surface area contributed by atoms with E-state index in [2.05, 4.69) is 17.1 Å². The molecule has 0 radical (unpaired) electrons. The van der Waals surface area contributed by atoms with E-state index in [1.807, 2.05) is 0 Å². The molecule has 3 nitrogen and oxygen atoms in total. The van der Waals surface area contributed by atoms with E-state index in [4.69, 9.17) is 0 Å². The van der Waals surface area contributed by atoms with Gasteiger partial charge < -0.3 is 10.2 Å². The number of hydrogen-bond donors (Lipinski definition) is 1. The molecule has 0 spiro atoms. The van der Waals surface area contributed by atoms with E-state index >= 15 is 0 Å². The van der Waals surface area contributed by atoms with E-state index in [1.54, 1.807) is 0 Å². The normalized spacial score (nSPS) is 40.9. The molecule has 0 aromatic heterocycles. The van der Waals surface area contributed by atoms with Gasteiger partial charge in [-0.25, -0.2) is 0 Å². The van der Waals surface area contributed by atoms with E-state index < -0.39 is 0 Å². The van der Waals surface area contributed by atoms with Gasteiger partial charge in [0, 0.05) is 32.1 Å². The summed E-state index contributed by atoms with van der Waals surface area (Å²) in [5.74, 6) is 2.96. The van der Waals surface area contributed by atoms with Crippen molar-refractivity contribution in [1.29, 1.82) is 0 Å². The molecule has 3 aliphatic rings. The van der Waals surface area contributed by atoms with Crippen molar-refractivity contribution < 1.29 is 4.79 Å². The van der Waals surface area contributed by atoms with Crippen molar-refractivity contribution >= 4 is 5.91 Å². The zero-order valence-electron chi connectivity index (χ0n) is 10.8. The lowest BCUT2D eigenvalue weighted by Crippen LogP contribution is -2.51. The predicted octanol–water partition coefficient (Wildman–Crippen LogP) is 1.63. The summed E-state index contributed by atoms with van der Waals surface area (Å²) in [4.78, 5) is 14.4. The van der Waals surface area contributed by atoms with Crippen LogP contribution in [-0.4, -0.2) is 36.5 Å². The Labute approximate surface area is 104 Å². The lowest BCUT2D eigenvalue weighted by Gasteiger charge is -2.33. The number of hydrogen-bond acceptors (Lipinski definition) is 2. The molecule has 1 N–H and O–H groups in total.